The molecule has 1 aliphatic carbocycles. The summed E-state index contributed by atoms with van der Waals surface area (Å²) in [6.45, 7) is 0. The number of hydrogen-bond acceptors (Lipinski definition) is 3. The lowest BCUT2D eigenvalue weighted by Crippen LogP contribution is -2.37. The van der Waals surface area contributed by atoms with Crippen LogP contribution in [0.15, 0.2) is 44.0 Å². The van der Waals surface area contributed by atoms with E-state index >= 15 is 0 Å². The SMILES string of the molecule is Cn1cc(C=C2CCCc3cc(Br)ccc3C2=O)c(=O)n(C)c1=O. The second kappa shape index (κ2) is 6.36. The van der Waals surface area contributed by atoms with E-state index in [1.165, 1.54) is 17.8 Å². The molecule has 0 unspecified atom stereocenters. The minimum Gasteiger partial charge on any atom is -0.303 e. The van der Waals surface area contributed by atoms with Gasteiger partial charge in [0, 0.05) is 35.9 Å². The van der Waals surface area contributed by atoms with Crippen LogP contribution in [0.2, 0.25) is 0 Å². The van der Waals surface area contributed by atoms with E-state index in [1.807, 2.05) is 18.2 Å². The lowest BCUT2D eigenvalue weighted by atomic mass is 9.99. The number of allylic oxidation sites excluding steroid dienone is 1. The van der Waals surface area contributed by atoms with Crippen LogP contribution in [0, 0.1) is 0 Å². The first-order chi connectivity index (χ1) is 11.4. The standard InChI is InChI=1S/C18H17BrN2O3/c1-20-10-13(17(23)21(2)18(20)24)8-12-5-3-4-11-9-14(19)6-7-15(11)16(12)22/h6-10H,3-5H2,1-2H3. The monoisotopic (exact) mass is 388 g/mol. The molecule has 2 aromatic rings. The van der Waals surface area contributed by atoms with Gasteiger partial charge in [0.15, 0.2) is 5.78 Å². The summed E-state index contributed by atoms with van der Waals surface area (Å²) in [5.74, 6) is -0.0501. The van der Waals surface area contributed by atoms with Gasteiger partial charge < -0.3 is 4.57 Å². The van der Waals surface area contributed by atoms with Crippen molar-refractivity contribution < 1.29 is 4.79 Å². The van der Waals surface area contributed by atoms with Crippen LogP contribution in [-0.2, 0) is 20.5 Å². The highest BCUT2D eigenvalue weighted by Crippen LogP contribution is 2.27. The van der Waals surface area contributed by atoms with Crippen LogP contribution >= 0.6 is 15.9 Å². The van der Waals surface area contributed by atoms with Crippen LogP contribution in [0.3, 0.4) is 0 Å². The average Bonchev–Trinajstić information content (AvgIpc) is 2.70. The van der Waals surface area contributed by atoms with Crippen molar-refractivity contribution in [1.82, 2.24) is 9.13 Å². The highest BCUT2D eigenvalue weighted by molar-refractivity contribution is 9.10. The van der Waals surface area contributed by atoms with E-state index in [9.17, 15) is 14.4 Å². The maximum atomic E-state index is 12.8. The summed E-state index contributed by atoms with van der Waals surface area (Å²) < 4.78 is 3.35. The first-order valence-electron chi connectivity index (χ1n) is 7.69. The lowest BCUT2D eigenvalue weighted by Gasteiger charge is -2.07. The number of Topliss-reactive ketones (excluding diaryl/α,β-unsaturated/α-hetero) is 1. The second-order valence-corrected chi connectivity index (χ2v) is 6.91. The normalized spacial score (nSPS) is 16.1. The van der Waals surface area contributed by atoms with E-state index in [2.05, 4.69) is 15.9 Å². The average molecular weight is 389 g/mol. The van der Waals surface area contributed by atoms with Crippen molar-refractivity contribution >= 4 is 27.8 Å². The molecule has 1 aromatic carbocycles. The summed E-state index contributed by atoms with van der Waals surface area (Å²) >= 11 is 3.43. The van der Waals surface area contributed by atoms with Crippen molar-refractivity contribution in [2.24, 2.45) is 14.1 Å². The Morgan fingerprint density at radius 1 is 1.12 bits per heavy atom. The number of carbonyl (C=O) groups is 1. The molecule has 1 aliphatic rings. The van der Waals surface area contributed by atoms with Gasteiger partial charge in [-0.2, -0.15) is 0 Å². The maximum Gasteiger partial charge on any atom is 0.330 e. The molecule has 1 heterocycles. The van der Waals surface area contributed by atoms with Gasteiger partial charge in [-0.25, -0.2) is 4.79 Å². The molecule has 0 atom stereocenters. The molecular weight excluding hydrogens is 372 g/mol. The van der Waals surface area contributed by atoms with Gasteiger partial charge in [0.05, 0.1) is 5.56 Å². The number of aromatic nitrogens is 2. The molecule has 0 saturated carbocycles. The third kappa shape index (κ3) is 2.94. The molecule has 0 N–H and O–H groups in total. The molecule has 0 amide bonds. The zero-order chi connectivity index (χ0) is 17.4. The highest BCUT2D eigenvalue weighted by atomic mass is 79.9. The molecule has 1 aromatic heterocycles. The summed E-state index contributed by atoms with van der Waals surface area (Å²) in [7, 11) is 3.03. The third-order valence-electron chi connectivity index (χ3n) is 4.30. The topological polar surface area (TPSA) is 61.1 Å². The Hall–Kier alpha value is -2.21. The van der Waals surface area contributed by atoms with Gasteiger partial charge in [-0.05, 0) is 49.1 Å². The minimum absolute atomic E-state index is 0.0501. The minimum atomic E-state index is -0.390. The van der Waals surface area contributed by atoms with Gasteiger partial charge in [0.1, 0.15) is 0 Å². The molecule has 0 aliphatic heterocycles. The predicted octanol–water partition coefficient (Wildman–Crippen LogP) is 2.45. The number of rotatable bonds is 1. The molecular formula is C18H17BrN2O3. The first kappa shape index (κ1) is 16.6. The number of benzene rings is 1. The number of halogens is 1. The summed E-state index contributed by atoms with van der Waals surface area (Å²) in [5, 5.41) is 0. The number of ketones is 1. The van der Waals surface area contributed by atoms with Crippen molar-refractivity contribution in [3.63, 3.8) is 0 Å². The lowest BCUT2D eigenvalue weighted by molar-refractivity contribution is 0.103. The predicted molar refractivity (Wildman–Crippen MR) is 96.3 cm³/mol. The molecule has 5 nitrogen and oxygen atoms in total. The summed E-state index contributed by atoms with van der Waals surface area (Å²) in [4.78, 5) is 36.9. The molecule has 124 valence electrons. The van der Waals surface area contributed by atoms with Gasteiger partial charge >= 0.3 is 5.69 Å². The van der Waals surface area contributed by atoms with Crippen molar-refractivity contribution in [3.05, 3.63) is 72.0 Å². The van der Waals surface area contributed by atoms with Gasteiger partial charge in [-0.1, -0.05) is 15.9 Å². The zero-order valence-electron chi connectivity index (χ0n) is 13.5. The Labute approximate surface area is 147 Å². The van der Waals surface area contributed by atoms with Crippen LogP contribution < -0.4 is 11.2 Å². The molecule has 0 radical (unpaired) electrons. The maximum absolute atomic E-state index is 12.8. The van der Waals surface area contributed by atoms with Crippen molar-refractivity contribution in [3.8, 4) is 0 Å². The molecule has 24 heavy (non-hydrogen) atoms. The van der Waals surface area contributed by atoms with Crippen molar-refractivity contribution in [1.29, 1.82) is 0 Å². The van der Waals surface area contributed by atoms with Crippen LogP contribution in [0.25, 0.3) is 6.08 Å². The van der Waals surface area contributed by atoms with Gasteiger partial charge in [0.2, 0.25) is 0 Å². The molecule has 6 heteroatoms. The van der Waals surface area contributed by atoms with E-state index in [-0.39, 0.29) is 11.5 Å². The third-order valence-corrected chi connectivity index (χ3v) is 4.79. The Kier molecular flexibility index (Phi) is 4.41. The Balaban J connectivity index is 2.12. The molecule has 3 rings (SSSR count). The molecule has 0 spiro atoms. The molecule has 0 saturated heterocycles. The fourth-order valence-electron chi connectivity index (χ4n) is 3.01. The number of aryl methyl sites for hydroxylation is 2. The van der Waals surface area contributed by atoms with Crippen LogP contribution in [0.1, 0.15) is 34.3 Å². The summed E-state index contributed by atoms with van der Waals surface area (Å²) in [5.41, 5.74) is 1.88. The fourth-order valence-corrected chi connectivity index (χ4v) is 3.42. The number of carbonyl (C=O) groups excluding carboxylic acids is 1. The van der Waals surface area contributed by atoms with Gasteiger partial charge in [0.25, 0.3) is 5.56 Å². The van der Waals surface area contributed by atoms with Crippen molar-refractivity contribution in [2.45, 2.75) is 19.3 Å². The number of fused-ring (bicyclic) bond motifs is 1. The molecule has 0 bridgehead atoms. The second-order valence-electron chi connectivity index (χ2n) is 6.00. The largest absolute Gasteiger partial charge is 0.330 e. The Bertz CT molecular complexity index is 983. The van der Waals surface area contributed by atoms with E-state index < -0.39 is 5.56 Å². The number of nitrogens with zero attached hydrogens (tertiary/aromatic N) is 2. The zero-order valence-corrected chi connectivity index (χ0v) is 15.1. The van der Waals surface area contributed by atoms with Gasteiger partial charge in [-0.3, -0.25) is 14.2 Å². The Morgan fingerprint density at radius 3 is 2.62 bits per heavy atom. The summed E-state index contributed by atoms with van der Waals surface area (Å²) in [6, 6.07) is 5.64. The number of hydrogen-bond donors (Lipinski definition) is 0. The van der Waals surface area contributed by atoms with E-state index in [0.29, 0.717) is 23.1 Å². The smallest absolute Gasteiger partial charge is 0.303 e. The fraction of sp³-hybridized carbons (Fsp3) is 0.278. The highest BCUT2D eigenvalue weighted by Gasteiger charge is 2.20. The van der Waals surface area contributed by atoms with E-state index in [4.69, 9.17) is 0 Å². The quantitative estimate of drug-likeness (QED) is 0.556. The first-order valence-corrected chi connectivity index (χ1v) is 8.48. The van der Waals surface area contributed by atoms with Crippen LogP contribution in [0.5, 0.6) is 0 Å². The van der Waals surface area contributed by atoms with Crippen LogP contribution in [0.4, 0.5) is 0 Å². The Morgan fingerprint density at radius 2 is 1.88 bits per heavy atom. The van der Waals surface area contributed by atoms with E-state index in [0.717, 1.165) is 27.4 Å². The van der Waals surface area contributed by atoms with Crippen LogP contribution in [-0.4, -0.2) is 14.9 Å². The van der Waals surface area contributed by atoms with Gasteiger partial charge in [-0.15, -0.1) is 0 Å². The van der Waals surface area contributed by atoms with Crippen molar-refractivity contribution in [2.75, 3.05) is 0 Å². The van der Waals surface area contributed by atoms with E-state index in [1.54, 1.807) is 13.1 Å². The molecule has 0 fully saturated rings. The summed E-state index contributed by atoms with van der Waals surface area (Å²) in [6.07, 6.45) is 5.38.